The quantitative estimate of drug-likeness (QED) is 0.849. The van der Waals surface area contributed by atoms with Crippen molar-refractivity contribution in [1.29, 1.82) is 0 Å². The number of amides is 2. The first-order valence-corrected chi connectivity index (χ1v) is 9.45. The Morgan fingerprint density at radius 2 is 2.09 bits per heavy atom. The molecule has 0 aliphatic carbocycles. The highest BCUT2D eigenvalue weighted by Crippen LogP contribution is 2.26. The van der Waals surface area contributed by atoms with E-state index in [4.69, 9.17) is 0 Å². The third-order valence-corrected chi connectivity index (χ3v) is 5.55. The fourth-order valence-electron chi connectivity index (χ4n) is 2.81. The summed E-state index contributed by atoms with van der Waals surface area (Å²) in [5.41, 5.74) is 1.31. The van der Waals surface area contributed by atoms with E-state index in [2.05, 4.69) is 32.4 Å². The van der Waals surface area contributed by atoms with E-state index in [0.29, 0.717) is 19.1 Å². The average Bonchev–Trinajstić information content (AvgIpc) is 3.27. The molecule has 1 unspecified atom stereocenters. The predicted octanol–water partition coefficient (Wildman–Crippen LogP) is 3.45. The number of hydrogen-bond donors (Lipinski definition) is 2. The van der Waals surface area contributed by atoms with E-state index >= 15 is 0 Å². The molecule has 2 aromatic rings. The topological polar surface area (TPSA) is 44.4 Å². The number of likely N-dealkylation sites (tertiary alicyclic amines) is 1. The van der Waals surface area contributed by atoms with Gasteiger partial charge in [0.25, 0.3) is 0 Å². The number of rotatable bonds is 6. The average molecular weight is 335 g/mol. The number of thiophene rings is 2. The third-order valence-electron chi connectivity index (χ3n) is 3.97. The van der Waals surface area contributed by atoms with E-state index in [9.17, 15) is 4.79 Å². The Morgan fingerprint density at radius 1 is 1.23 bits per heavy atom. The fourth-order valence-corrected chi connectivity index (χ4v) is 4.16. The molecule has 1 atom stereocenters. The van der Waals surface area contributed by atoms with Gasteiger partial charge in [-0.15, -0.1) is 11.3 Å². The summed E-state index contributed by atoms with van der Waals surface area (Å²) in [4.78, 5) is 15.6. The first-order chi connectivity index (χ1) is 10.8. The molecule has 2 aromatic heterocycles. The zero-order valence-corrected chi connectivity index (χ0v) is 14.1. The Labute approximate surface area is 139 Å². The van der Waals surface area contributed by atoms with Gasteiger partial charge < -0.3 is 10.6 Å². The number of carbonyl (C=O) groups excluding carboxylic acids is 1. The number of urea groups is 1. The highest BCUT2D eigenvalue weighted by atomic mass is 32.1. The monoisotopic (exact) mass is 335 g/mol. The van der Waals surface area contributed by atoms with Crippen molar-refractivity contribution in [2.45, 2.75) is 25.4 Å². The lowest BCUT2D eigenvalue weighted by atomic mass is 10.1. The Bertz CT molecular complexity index is 562. The minimum absolute atomic E-state index is 0.0900. The molecule has 0 aromatic carbocycles. The Hall–Kier alpha value is -1.37. The number of nitrogens with one attached hydrogen (secondary N) is 2. The Kier molecular flexibility index (Phi) is 5.48. The van der Waals surface area contributed by atoms with Crippen LogP contribution in [0.3, 0.4) is 0 Å². The van der Waals surface area contributed by atoms with Crippen LogP contribution < -0.4 is 10.6 Å². The van der Waals surface area contributed by atoms with Gasteiger partial charge in [-0.1, -0.05) is 6.07 Å². The lowest BCUT2D eigenvalue weighted by Crippen LogP contribution is -2.41. The van der Waals surface area contributed by atoms with Gasteiger partial charge >= 0.3 is 6.03 Å². The van der Waals surface area contributed by atoms with Gasteiger partial charge in [-0.05, 0) is 59.8 Å². The molecule has 1 fully saturated rings. The van der Waals surface area contributed by atoms with Crippen LogP contribution in [0.15, 0.2) is 34.3 Å². The molecule has 22 heavy (non-hydrogen) atoms. The summed E-state index contributed by atoms with van der Waals surface area (Å²) in [7, 11) is 0. The molecule has 0 bridgehead atoms. The summed E-state index contributed by atoms with van der Waals surface area (Å²) >= 11 is 3.37. The molecule has 4 nitrogen and oxygen atoms in total. The van der Waals surface area contributed by atoms with Gasteiger partial charge in [-0.3, -0.25) is 4.90 Å². The molecule has 0 saturated carbocycles. The maximum absolute atomic E-state index is 12.0. The van der Waals surface area contributed by atoms with Crippen LogP contribution in [-0.4, -0.2) is 30.6 Å². The number of carbonyl (C=O) groups is 1. The SMILES string of the molecule is O=C(NCc1cccs1)NCC(c1ccsc1)N1CCCC1. The van der Waals surface area contributed by atoms with Crippen LogP contribution in [-0.2, 0) is 6.54 Å². The molecule has 3 rings (SSSR count). The maximum atomic E-state index is 12.0. The van der Waals surface area contributed by atoms with Gasteiger partial charge in [0.2, 0.25) is 0 Å². The van der Waals surface area contributed by atoms with E-state index in [0.717, 1.165) is 13.1 Å². The first kappa shape index (κ1) is 15.5. The smallest absolute Gasteiger partial charge is 0.315 e. The molecular weight excluding hydrogens is 314 g/mol. The standard InChI is InChI=1S/C16H21N3OS2/c20-16(17-10-14-4-3-8-22-14)18-11-15(13-5-9-21-12-13)19-6-1-2-7-19/h3-5,8-9,12,15H,1-2,6-7,10-11H2,(H2,17,18,20). The van der Waals surface area contributed by atoms with Crippen LogP contribution in [0.1, 0.15) is 29.3 Å². The molecule has 3 heterocycles. The fraction of sp³-hybridized carbons (Fsp3) is 0.438. The van der Waals surface area contributed by atoms with Crippen molar-refractivity contribution in [2.75, 3.05) is 19.6 Å². The summed E-state index contributed by atoms with van der Waals surface area (Å²) < 4.78 is 0. The van der Waals surface area contributed by atoms with Crippen LogP contribution in [0.5, 0.6) is 0 Å². The van der Waals surface area contributed by atoms with Crippen molar-refractivity contribution in [3.63, 3.8) is 0 Å². The lowest BCUT2D eigenvalue weighted by molar-refractivity contribution is 0.221. The van der Waals surface area contributed by atoms with Crippen LogP contribution in [0.2, 0.25) is 0 Å². The molecular formula is C16H21N3OS2. The molecule has 1 aliphatic rings. The summed E-state index contributed by atoms with van der Waals surface area (Å²) in [6.45, 7) is 3.50. The Balaban J connectivity index is 1.51. The van der Waals surface area contributed by atoms with Gasteiger partial charge in [0.05, 0.1) is 12.6 Å². The maximum Gasteiger partial charge on any atom is 0.315 e. The van der Waals surface area contributed by atoms with Gasteiger partial charge in [0, 0.05) is 11.4 Å². The second-order valence-corrected chi connectivity index (χ2v) is 7.27. The van der Waals surface area contributed by atoms with Gasteiger partial charge in [-0.2, -0.15) is 11.3 Å². The molecule has 1 saturated heterocycles. The van der Waals surface area contributed by atoms with Crippen LogP contribution in [0.25, 0.3) is 0 Å². The zero-order chi connectivity index (χ0) is 15.2. The van der Waals surface area contributed by atoms with E-state index in [1.165, 1.54) is 23.3 Å². The third kappa shape index (κ3) is 4.09. The van der Waals surface area contributed by atoms with Crippen molar-refractivity contribution >= 4 is 28.7 Å². The minimum Gasteiger partial charge on any atom is -0.336 e. The Morgan fingerprint density at radius 3 is 2.77 bits per heavy atom. The number of nitrogens with zero attached hydrogens (tertiary/aromatic N) is 1. The second-order valence-electron chi connectivity index (χ2n) is 5.46. The number of hydrogen-bond acceptors (Lipinski definition) is 4. The van der Waals surface area contributed by atoms with Gasteiger partial charge in [0.1, 0.15) is 0 Å². The molecule has 0 radical (unpaired) electrons. The van der Waals surface area contributed by atoms with Crippen molar-refractivity contribution in [3.8, 4) is 0 Å². The van der Waals surface area contributed by atoms with E-state index in [-0.39, 0.29) is 6.03 Å². The van der Waals surface area contributed by atoms with Crippen molar-refractivity contribution < 1.29 is 4.79 Å². The molecule has 2 amide bonds. The van der Waals surface area contributed by atoms with Crippen LogP contribution in [0, 0.1) is 0 Å². The van der Waals surface area contributed by atoms with Crippen molar-refractivity contribution in [2.24, 2.45) is 0 Å². The van der Waals surface area contributed by atoms with Gasteiger partial charge in [0.15, 0.2) is 0 Å². The summed E-state index contributed by atoms with van der Waals surface area (Å²) in [5, 5.41) is 12.3. The van der Waals surface area contributed by atoms with Crippen molar-refractivity contribution in [3.05, 3.63) is 44.8 Å². The van der Waals surface area contributed by atoms with Crippen LogP contribution in [0.4, 0.5) is 4.79 Å². The highest BCUT2D eigenvalue weighted by Gasteiger charge is 2.24. The normalized spacial score (nSPS) is 16.5. The summed E-state index contributed by atoms with van der Waals surface area (Å²) in [6, 6.07) is 6.40. The molecule has 6 heteroatoms. The molecule has 0 spiro atoms. The highest BCUT2D eigenvalue weighted by molar-refractivity contribution is 7.09. The molecule has 1 aliphatic heterocycles. The van der Waals surface area contributed by atoms with E-state index < -0.39 is 0 Å². The van der Waals surface area contributed by atoms with E-state index in [1.54, 1.807) is 22.7 Å². The van der Waals surface area contributed by atoms with Crippen LogP contribution >= 0.6 is 22.7 Å². The van der Waals surface area contributed by atoms with E-state index in [1.807, 2.05) is 17.5 Å². The molecule has 2 N–H and O–H groups in total. The molecule has 118 valence electrons. The summed E-state index contributed by atoms with van der Waals surface area (Å²) in [5.74, 6) is 0. The first-order valence-electron chi connectivity index (χ1n) is 7.63. The largest absolute Gasteiger partial charge is 0.336 e. The van der Waals surface area contributed by atoms with Gasteiger partial charge in [-0.25, -0.2) is 4.79 Å². The second kappa shape index (κ2) is 7.76. The lowest BCUT2D eigenvalue weighted by Gasteiger charge is -2.27. The van der Waals surface area contributed by atoms with Crippen molar-refractivity contribution in [1.82, 2.24) is 15.5 Å². The summed E-state index contributed by atoms with van der Waals surface area (Å²) in [6.07, 6.45) is 2.51. The minimum atomic E-state index is -0.0900. The predicted molar refractivity (Wildman–Crippen MR) is 92.4 cm³/mol. The zero-order valence-electron chi connectivity index (χ0n) is 12.5.